The number of benzene rings is 1. The third kappa shape index (κ3) is 3.67. The van der Waals surface area contributed by atoms with Crippen LogP contribution >= 0.6 is 0 Å². The number of carbonyl (C=O) groups is 2. The summed E-state index contributed by atoms with van der Waals surface area (Å²) in [5.74, 6) is 1.81. The molecule has 0 aromatic heterocycles. The SMILES string of the molecule is C[C@]12C=CC(=O)NC1CC[C@@H]1[C@H]2CC[C@]2(C)C(C(=O)NC3(c4ccc(F)cc4)CCCCC3)CC[C@@H]12. The Morgan fingerprint density at radius 1 is 0.944 bits per heavy atom. The molecule has 0 radical (unpaired) electrons. The second-order valence-electron chi connectivity index (χ2n) is 13.0. The molecule has 4 aliphatic carbocycles. The van der Waals surface area contributed by atoms with Gasteiger partial charge < -0.3 is 10.6 Å². The number of nitrogens with one attached hydrogen (secondary N) is 2. The monoisotopic (exact) mass is 492 g/mol. The number of amides is 2. The first kappa shape index (κ1) is 24.2. The Morgan fingerprint density at radius 2 is 1.69 bits per heavy atom. The van der Waals surface area contributed by atoms with Gasteiger partial charge in [0, 0.05) is 17.4 Å². The molecule has 2 amide bonds. The summed E-state index contributed by atoms with van der Waals surface area (Å²) in [6, 6.07) is 7.06. The molecular weight excluding hydrogens is 451 g/mol. The van der Waals surface area contributed by atoms with E-state index in [1.807, 2.05) is 12.1 Å². The normalized spacial score (nSPS) is 41.0. The fourth-order valence-electron chi connectivity index (χ4n) is 9.50. The lowest BCUT2D eigenvalue weighted by molar-refractivity contribution is -0.136. The third-order valence-corrected chi connectivity index (χ3v) is 11.5. The first-order valence-corrected chi connectivity index (χ1v) is 14.3. The van der Waals surface area contributed by atoms with E-state index in [1.54, 1.807) is 6.08 Å². The zero-order chi connectivity index (χ0) is 25.1. The van der Waals surface area contributed by atoms with Crippen LogP contribution in [-0.2, 0) is 15.1 Å². The number of halogens is 1. The fourth-order valence-corrected chi connectivity index (χ4v) is 9.50. The summed E-state index contributed by atoms with van der Waals surface area (Å²) in [4.78, 5) is 26.1. The average molecular weight is 493 g/mol. The highest BCUT2D eigenvalue weighted by molar-refractivity contribution is 5.89. The van der Waals surface area contributed by atoms with Crippen molar-refractivity contribution in [3.8, 4) is 0 Å². The van der Waals surface area contributed by atoms with Crippen LogP contribution in [0.4, 0.5) is 4.39 Å². The summed E-state index contributed by atoms with van der Waals surface area (Å²) < 4.78 is 13.7. The molecule has 2 N–H and O–H groups in total. The molecule has 0 spiro atoms. The summed E-state index contributed by atoms with van der Waals surface area (Å²) in [7, 11) is 0. The van der Waals surface area contributed by atoms with Crippen LogP contribution in [0.1, 0.15) is 90.0 Å². The third-order valence-electron chi connectivity index (χ3n) is 11.5. The first-order chi connectivity index (χ1) is 17.3. The number of hydrogen-bond donors (Lipinski definition) is 2. The molecule has 4 fully saturated rings. The van der Waals surface area contributed by atoms with Crippen LogP contribution in [0.5, 0.6) is 0 Å². The minimum atomic E-state index is -0.370. The molecule has 1 heterocycles. The average Bonchev–Trinajstić information content (AvgIpc) is 3.23. The van der Waals surface area contributed by atoms with Crippen molar-refractivity contribution in [2.45, 2.75) is 96.1 Å². The van der Waals surface area contributed by atoms with Crippen molar-refractivity contribution in [1.82, 2.24) is 10.6 Å². The number of carbonyl (C=O) groups excluding carboxylic acids is 2. The Bertz CT molecular complexity index is 1060. The van der Waals surface area contributed by atoms with E-state index in [1.165, 1.54) is 18.6 Å². The quantitative estimate of drug-likeness (QED) is 0.543. The van der Waals surface area contributed by atoms with E-state index < -0.39 is 0 Å². The minimum Gasteiger partial charge on any atom is -0.349 e. The molecular formula is C31H41FN2O2. The summed E-state index contributed by atoms with van der Waals surface area (Å²) in [5.41, 5.74) is 0.727. The molecule has 5 heteroatoms. The lowest BCUT2D eigenvalue weighted by Gasteiger charge is -2.58. The van der Waals surface area contributed by atoms with Crippen LogP contribution in [-0.4, -0.2) is 17.9 Å². The van der Waals surface area contributed by atoms with Gasteiger partial charge in [0.25, 0.3) is 0 Å². The predicted molar refractivity (Wildman–Crippen MR) is 138 cm³/mol. The number of hydrogen-bond acceptors (Lipinski definition) is 2. The van der Waals surface area contributed by atoms with E-state index in [0.29, 0.717) is 17.8 Å². The molecule has 194 valence electrons. The van der Waals surface area contributed by atoms with Crippen molar-refractivity contribution < 1.29 is 14.0 Å². The molecule has 0 saturated heterocycles. The Hall–Kier alpha value is -2.17. The van der Waals surface area contributed by atoms with E-state index >= 15 is 0 Å². The van der Waals surface area contributed by atoms with Gasteiger partial charge in [-0.2, -0.15) is 0 Å². The van der Waals surface area contributed by atoms with Gasteiger partial charge in [-0.3, -0.25) is 9.59 Å². The van der Waals surface area contributed by atoms with Gasteiger partial charge in [-0.05, 0) is 98.3 Å². The summed E-state index contributed by atoms with van der Waals surface area (Å²) in [5, 5.41) is 6.82. The van der Waals surface area contributed by atoms with Crippen molar-refractivity contribution >= 4 is 11.8 Å². The molecule has 1 aliphatic heterocycles. The van der Waals surface area contributed by atoms with E-state index in [4.69, 9.17) is 0 Å². The molecule has 1 aromatic rings. The van der Waals surface area contributed by atoms with E-state index in [9.17, 15) is 14.0 Å². The molecule has 1 aromatic carbocycles. The molecule has 4 nitrogen and oxygen atoms in total. The Balaban J connectivity index is 1.24. The highest BCUT2D eigenvalue weighted by Crippen LogP contribution is 2.65. The van der Waals surface area contributed by atoms with Crippen molar-refractivity contribution in [3.05, 3.63) is 47.8 Å². The van der Waals surface area contributed by atoms with Gasteiger partial charge in [0.2, 0.25) is 11.8 Å². The Labute approximate surface area is 214 Å². The van der Waals surface area contributed by atoms with Gasteiger partial charge in [-0.15, -0.1) is 0 Å². The first-order valence-electron chi connectivity index (χ1n) is 14.3. The second-order valence-corrected chi connectivity index (χ2v) is 13.0. The zero-order valence-electron chi connectivity index (χ0n) is 21.8. The minimum absolute atomic E-state index is 0.0211. The Kier molecular flexibility index (Phi) is 5.84. The van der Waals surface area contributed by atoms with Gasteiger partial charge in [0.05, 0.1) is 5.54 Å². The van der Waals surface area contributed by atoms with E-state index in [-0.39, 0.29) is 46.0 Å². The van der Waals surface area contributed by atoms with Crippen molar-refractivity contribution in [3.63, 3.8) is 0 Å². The summed E-state index contributed by atoms with van der Waals surface area (Å²) in [6.07, 6.45) is 15.6. The maximum atomic E-state index is 14.1. The topological polar surface area (TPSA) is 58.2 Å². The van der Waals surface area contributed by atoms with Crippen molar-refractivity contribution in [2.24, 2.45) is 34.5 Å². The molecule has 5 aliphatic rings. The van der Waals surface area contributed by atoms with E-state index in [2.05, 4.69) is 30.6 Å². The van der Waals surface area contributed by atoms with Gasteiger partial charge in [0.15, 0.2) is 0 Å². The fraction of sp³-hybridized carbons (Fsp3) is 0.677. The van der Waals surface area contributed by atoms with E-state index in [0.717, 1.165) is 69.8 Å². The summed E-state index contributed by atoms with van der Waals surface area (Å²) in [6.45, 7) is 4.74. The highest BCUT2D eigenvalue weighted by Gasteiger charge is 2.61. The van der Waals surface area contributed by atoms with Crippen LogP contribution in [0.2, 0.25) is 0 Å². The van der Waals surface area contributed by atoms with Crippen molar-refractivity contribution in [1.29, 1.82) is 0 Å². The van der Waals surface area contributed by atoms with Crippen LogP contribution in [0.3, 0.4) is 0 Å². The zero-order valence-corrected chi connectivity index (χ0v) is 21.8. The lowest BCUT2D eigenvalue weighted by atomic mass is 9.48. The van der Waals surface area contributed by atoms with Gasteiger partial charge in [0.1, 0.15) is 5.82 Å². The number of fused-ring (bicyclic) bond motifs is 5. The maximum Gasteiger partial charge on any atom is 0.243 e. The van der Waals surface area contributed by atoms with Crippen LogP contribution in [0.15, 0.2) is 36.4 Å². The van der Waals surface area contributed by atoms with Crippen LogP contribution in [0, 0.1) is 40.3 Å². The standard InChI is InChI=1S/C31H41FN2O2/c1-29-18-14-24-22(10-13-26-30(24,2)19-15-27(35)33-26)23(29)11-12-25(29)28(36)34-31(16-4-3-5-17-31)20-6-8-21(32)9-7-20/h6-9,15,19,22-26H,3-5,10-14,16-18H2,1-2H3,(H,33,35)(H,34,36)/t22-,23-,24+,25?,26?,29-,30+/m0/s1. The van der Waals surface area contributed by atoms with Crippen LogP contribution < -0.4 is 10.6 Å². The molecule has 0 bridgehead atoms. The highest BCUT2D eigenvalue weighted by atomic mass is 19.1. The lowest BCUT2D eigenvalue weighted by Crippen LogP contribution is -2.60. The second kappa shape index (κ2) is 8.70. The maximum absolute atomic E-state index is 14.1. The van der Waals surface area contributed by atoms with Crippen LogP contribution in [0.25, 0.3) is 0 Å². The number of rotatable bonds is 3. The molecule has 7 atom stereocenters. The largest absolute Gasteiger partial charge is 0.349 e. The molecule has 36 heavy (non-hydrogen) atoms. The summed E-state index contributed by atoms with van der Waals surface area (Å²) >= 11 is 0. The molecule has 4 saturated carbocycles. The molecule has 6 rings (SSSR count). The van der Waals surface area contributed by atoms with Gasteiger partial charge >= 0.3 is 0 Å². The predicted octanol–water partition coefficient (Wildman–Crippen LogP) is 6.01. The smallest absolute Gasteiger partial charge is 0.243 e. The van der Waals surface area contributed by atoms with Gasteiger partial charge in [-0.25, -0.2) is 4.39 Å². The van der Waals surface area contributed by atoms with Gasteiger partial charge in [-0.1, -0.05) is 51.3 Å². The van der Waals surface area contributed by atoms with Crippen molar-refractivity contribution in [2.75, 3.05) is 0 Å². The Morgan fingerprint density at radius 3 is 2.44 bits per heavy atom. The molecule has 2 unspecified atom stereocenters.